The van der Waals surface area contributed by atoms with Gasteiger partial charge in [0.2, 0.25) is 0 Å². The highest BCUT2D eigenvalue weighted by Gasteiger charge is 2.25. The number of aliphatic hydroxyl groups excluding tert-OH is 1. The molecule has 0 amide bonds. The van der Waals surface area contributed by atoms with Crippen molar-refractivity contribution in [2.75, 3.05) is 5.73 Å². The van der Waals surface area contributed by atoms with Crippen LogP contribution in [-0.4, -0.2) is 15.8 Å². The van der Waals surface area contributed by atoms with Crippen LogP contribution in [0, 0.1) is 0 Å². The summed E-state index contributed by atoms with van der Waals surface area (Å²) >= 11 is 0. The molecular weight excluding hydrogens is 228 g/mol. The van der Waals surface area contributed by atoms with Gasteiger partial charge in [0, 0.05) is 6.20 Å². The highest BCUT2D eigenvalue weighted by atomic mass is 35.5. The van der Waals surface area contributed by atoms with Gasteiger partial charge in [0.05, 0.1) is 17.8 Å². The van der Waals surface area contributed by atoms with Gasteiger partial charge >= 0.3 is 0 Å². The third kappa shape index (κ3) is 2.39. The minimum Gasteiger partial charge on any atom is -0.394 e. The van der Waals surface area contributed by atoms with Gasteiger partial charge in [0.1, 0.15) is 0 Å². The van der Waals surface area contributed by atoms with E-state index in [1.807, 2.05) is 0 Å². The fourth-order valence-corrected chi connectivity index (χ4v) is 2.20. The number of hydrogen-bond acceptors (Lipinski definition) is 3. The lowest BCUT2D eigenvalue weighted by Crippen LogP contribution is -2.35. The maximum Gasteiger partial charge on any atom is 0.274 e. The Kier molecular flexibility index (Phi) is 4.38. The largest absolute Gasteiger partial charge is 0.394 e. The average Bonchev–Trinajstić information content (AvgIpc) is 2.23. The van der Waals surface area contributed by atoms with Crippen LogP contribution in [0.2, 0.25) is 0 Å². The number of halogens is 1. The first kappa shape index (κ1) is 13.1. The van der Waals surface area contributed by atoms with E-state index in [2.05, 4.69) is 0 Å². The van der Waals surface area contributed by atoms with E-state index in [0.717, 1.165) is 25.7 Å². The van der Waals surface area contributed by atoms with Gasteiger partial charge in [-0.25, -0.2) is 0 Å². The van der Waals surface area contributed by atoms with Gasteiger partial charge in [-0.05, 0) is 25.0 Å². The minimum atomic E-state index is -0.418. The van der Waals surface area contributed by atoms with Crippen LogP contribution in [0.3, 0.4) is 0 Å². The van der Waals surface area contributed by atoms with E-state index in [1.165, 1.54) is 0 Å². The first-order valence-corrected chi connectivity index (χ1v) is 5.35. The Bertz CT molecular complexity index is 405. The standard InChI is InChI=1S/C11H16N2O2.ClH/c12-8-4-3-7-13(11(8)15)9-5-1-2-6-10(9)14;/h3-4,7,9-10,14H,1-2,5-6,12H2;1H/t9-,10?;/m0./s1. The molecule has 1 aliphatic rings. The monoisotopic (exact) mass is 244 g/mol. The van der Waals surface area contributed by atoms with E-state index in [9.17, 15) is 9.90 Å². The van der Waals surface area contributed by atoms with Gasteiger partial charge in [-0.2, -0.15) is 0 Å². The van der Waals surface area contributed by atoms with E-state index in [-0.39, 0.29) is 29.7 Å². The molecule has 3 N–H and O–H groups in total. The van der Waals surface area contributed by atoms with Crippen molar-refractivity contribution in [3.63, 3.8) is 0 Å². The molecule has 1 aliphatic carbocycles. The lowest BCUT2D eigenvalue weighted by atomic mass is 9.92. The van der Waals surface area contributed by atoms with Crippen molar-refractivity contribution in [2.45, 2.75) is 37.8 Å². The first-order chi connectivity index (χ1) is 7.20. The van der Waals surface area contributed by atoms with Crippen LogP contribution in [-0.2, 0) is 0 Å². The molecule has 0 aliphatic heterocycles. The lowest BCUT2D eigenvalue weighted by molar-refractivity contribution is 0.0739. The van der Waals surface area contributed by atoms with Crippen molar-refractivity contribution >= 4 is 18.1 Å². The number of nitrogens with two attached hydrogens (primary N) is 1. The van der Waals surface area contributed by atoms with Crippen LogP contribution < -0.4 is 11.3 Å². The van der Waals surface area contributed by atoms with Crippen molar-refractivity contribution in [1.29, 1.82) is 0 Å². The number of rotatable bonds is 1. The molecule has 1 unspecified atom stereocenters. The smallest absolute Gasteiger partial charge is 0.274 e. The van der Waals surface area contributed by atoms with Crippen LogP contribution in [0.25, 0.3) is 0 Å². The van der Waals surface area contributed by atoms with Crippen molar-refractivity contribution in [1.82, 2.24) is 4.57 Å². The van der Waals surface area contributed by atoms with E-state index in [4.69, 9.17) is 5.73 Å². The van der Waals surface area contributed by atoms with Gasteiger partial charge in [-0.15, -0.1) is 12.4 Å². The Balaban J connectivity index is 0.00000128. The molecule has 0 bridgehead atoms. The number of aliphatic hydroxyl groups is 1. The molecule has 1 heterocycles. The zero-order valence-electron chi connectivity index (χ0n) is 9.00. The topological polar surface area (TPSA) is 68.2 Å². The second kappa shape index (κ2) is 5.37. The van der Waals surface area contributed by atoms with Crippen LogP contribution in [0.1, 0.15) is 31.7 Å². The molecule has 1 saturated carbocycles. The molecule has 1 aromatic heterocycles. The Morgan fingerprint density at radius 1 is 1.38 bits per heavy atom. The predicted molar refractivity (Wildman–Crippen MR) is 65.9 cm³/mol. The Morgan fingerprint density at radius 2 is 2.06 bits per heavy atom. The zero-order chi connectivity index (χ0) is 10.8. The maximum absolute atomic E-state index is 11.7. The van der Waals surface area contributed by atoms with Gasteiger partial charge in [0.25, 0.3) is 5.56 Å². The molecule has 0 radical (unpaired) electrons. The summed E-state index contributed by atoms with van der Waals surface area (Å²) in [5.41, 5.74) is 5.61. The first-order valence-electron chi connectivity index (χ1n) is 5.35. The summed E-state index contributed by atoms with van der Waals surface area (Å²) in [7, 11) is 0. The number of nitrogen functional groups attached to an aromatic ring is 1. The molecule has 16 heavy (non-hydrogen) atoms. The molecule has 4 nitrogen and oxygen atoms in total. The van der Waals surface area contributed by atoms with E-state index < -0.39 is 6.10 Å². The van der Waals surface area contributed by atoms with Crippen molar-refractivity contribution in [3.05, 3.63) is 28.7 Å². The number of hydrogen-bond donors (Lipinski definition) is 2. The highest BCUT2D eigenvalue weighted by Crippen LogP contribution is 2.27. The number of aromatic nitrogens is 1. The van der Waals surface area contributed by atoms with E-state index in [0.29, 0.717) is 0 Å². The molecule has 5 heteroatoms. The number of pyridine rings is 1. The fourth-order valence-electron chi connectivity index (χ4n) is 2.20. The van der Waals surface area contributed by atoms with Gasteiger partial charge < -0.3 is 15.4 Å². The summed E-state index contributed by atoms with van der Waals surface area (Å²) in [6, 6.07) is 3.24. The fraction of sp³-hybridized carbons (Fsp3) is 0.545. The summed E-state index contributed by atoms with van der Waals surface area (Å²) in [5, 5.41) is 9.84. The minimum absolute atomic E-state index is 0. The number of nitrogens with zero attached hydrogens (tertiary/aromatic N) is 1. The molecule has 1 fully saturated rings. The molecule has 1 aromatic rings. The average molecular weight is 245 g/mol. The molecule has 0 spiro atoms. The van der Waals surface area contributed by atoms with Crippen LogP contribution in [0.4, 0.5) is 5.69 Å². The third-order valence-electron chi connectivity index (χ3n) is 3.06. The van der Waals surface area contributed by atoms with Crippen LogP contribution in [0.15, 0.2) is 23.1 Å². The summed E-state index contributed by atoms with van der Waals surface area (Å²) in [6.07, 6.45) is 5.00. The van der Waals surface area contributed by atoms with Gasteiger partial charge in [0.15, 0.2) is 0 Å². The van der Waals surface area contributed by atoms with E-state index >= 15 is 0 Å². The SMILES string of the molecule is Cl.Nc1cccn([C@H]2CCCCC2O)c1=O. The van der Waals surface area contributed by atoms with Crippen molar-refractivity contribution in [2.24, 2.45) is 0 Å². The van der Waals surface area contributed by atoms with Crippen LogP contribution >= 0.6 is 12.4 Å². The van der Waals surface area contributed by atoms with Crippen molar-refractivity contribution in [3.8, 4) is 0 Å². The van der Waals surface area contributed by atoms with E-state index in [1.54, 1.807) is 22.9 Å². The summed E-state index contributed by atoms with van der Waals surface area (Å²) in [5.74, 6) is 0. The molecular formula is C11H17ClN2O2. The highest BCUT2D eigenvalue weighted by molar-refractivity contribution is 5.85. The molecule has 2 rings (SSSR count). The number of anilines is 1. The van der Waals surface area contributed by atoms with Gasteiger partial charge in [-0.1, -0.05) is 12.8 Å². The Labute approximate surface area is 100 Å². The molecule has 0 aromatic carbocycles. The summed E-state index contributed by atoms with van der Waals surface area (Å²) in [4.78, 5) is 11.7. The zero-order valence-corrected chi connectivity index (χ0v) is 9.82. The second-order valence-corrected chi connectivity index (χ2v) is 4.10. The lowest BCUT2D eigenvalue weighted by Gasteiger charge is -2.29. The molecule has 90 valence electrons. The normalized spacial score (nSPS) is 24.8. The third-order valence-corrected chi connectivity index (χ3v) is 3.06. The maximum atomic E-state index is 11.7. The molecule has 2 atom stereocenters. The Hall–Kier alpha value is -1.00. The molecule has 0 saturated heterocycles. The quantitative estimate of drug-likeness (QED) is 0.783. The second-order valence-electron chi connectivity index (χ2n) is 4.10. The van der Waals surface area contributed by atoms with Crippen molar-refractivity contribution < 1.29 is 5.11 Å². The predicted octanol–water partition coefficient (Wildman–Crippen LogP) is 1.33. The van der Waals surface area contributed by atoms with Gasteiger partial charge in [-0.3, -0.25) is 4.79 Å². The summed E-state index contributed by atoms with van der Waals surface area (Å²) < 4.78 is 1.57. The Morgan fingerprint density at radius 3 is 2.75 bits per heavy atom. The van der Waals surface area contributed by atoms with Crippen LogP contribution in [0.5, 0.6) is 0 Å². The summed E-state index contributed by atoms with van der Waals surface area (Å²) in [6.45, 7) is 0.